The van der Waals surface area contributed by atoms with Crippen LogP contribution in [0.2, 0.25) is 0 Å². The number of ether oxygens (including phenoxy) is 1. The minimum absolute atomic E-state index is 0.00849. The molecule has 0 aromatic carbocycles. The van der Waals surface area contributed by atoms with Crippen molar-refractivity contribution in [2.45, 2.75) is 411 Å². The van der Waals surface area contributed by atoms with E-state index in [4.69, 9.17) is 4.74 Å². The van der Waals surface area contributed by atoms with Gasteiger partial charge in [-0.15, -0.1) is 0 Å². The zero-order chi connectivity index (χ0) is 59.2. The molecule has 82 heavy (non-hydrogen) atoms. The third-order valence-electron chi connectivity index (χ3n) is 17.1. The molecule has 0 saturated carbocycles. The molecule has 6 nitrogen and oxygen atoms in total. The van der Waals surface area contributed by atoms with E-state index in [2.05, 4.69) is 55.6 Å². The van der Waals surface area contributed by atoms with Crippen LogP contribution in [-0.4, -0.2) is 47.4 Å². The lowest BCUT2D eigenvalue weighted by atomic mass is 10.0. The Hall–Kier alpha value is -2.18. The number of allylic oxidation sites excluding steroid dienone is 7. The highest BCUT2D eigenvalue weighted by molar-refractivity contribution is 5.76. The van der Waals surface area contributed by atoms with Gasteiger partial charge in [0.25, 0.3) is 0 Å². The average Bonchev–Trinajstić information content (AvgIpc) is 3.48. The number of hydrogen-bond donors (Lipinski definition) is 3. The van der Waals surface area contributed by atoms with E-state index in [1.165, 1.54) is 321 Å². The fraction of sp³-hybridized carbons (Fsp3) is 0.868. The van der Waals surface area contributed by atoms with Crippen molar-refractivity contribution in [3.8, 4) is 0 Å². The Labute approximate surface area is 512 Å². The highest BCUT2D eigenvalue weighted by Crippen LogP contribution is 2.18. The smallest absolute Gasteiger partial charge is 0.305 e. The molecule has 0 aliphatic heterocycles. The van der Waals surface area contributed by atoms with E-state index in [-0.39, 0.29) is 18.5 Å². The molecule has 6 heteroatoms. The number of nitrogens with one attached hydrogen (secondary N) is 1. The van der Waals surface area contributed by atoms with Gasteiger partial charge in [0, 0.05) is 12.8 Å². The molecule has 0 aliphatic carbocycles. The second-order valence-corrected chi connectivity index (χ2v) is 25.3. The normalized spacial score (nSPS) is 12.8. The third-order valence-corrected chi connectivity index (χ3v) is 17.1. The second kappa shape index (κ2) is 71.3. The Morgan fingerprint density at radius 2 is 0.610 bits per heavy atom. The van der Waals surface area contributed by atoms with Crippen LogP contribution in [0.4, 0.5) is 0 Å². The van der Waals surface area contributed by atoms with Gasteiger partial charge in [-0.1, -0.05) is 345 Å². The minimum Gasteiger partial charge on any atom is -0.466 e. The fourth-order valence-corrected chi connectivity index (χ4v) is 11.4. The second-order valence-electron chi connectivity index (χ2n) is 25.3. The largest absolute Gasteiger partial charge is 0.466 e. The molecule has 0 radical (unpaired) electrons. The molecule has 0 bridgehead atoms. The SMILES string of the molecule is CCCCC/C=C\CCCCCCCC(=O)OCCCCCCCCCCCCCCC/C=C\C/C=C\CCCCCCCCCCCCCCCCCCCC(=O)NC(CO)C(O)/C=C/CCCCCCCCCCCCCCCC. The van der Waals surface area contributed by atoms with E-state index in [1.807, 2.05) is 6.08 Å². The number of esters is 1. The molecule has 1 amide bonds. The molecule has 0 aromatic heterocycles. The number of rotatable bonds is 69. The summed E-state index contributed by atoms with van der Waals surface area (Å²) >= 11 is 0. The quantitative estimate of drug-likeness (QED) is 0.0320. The summed E-state index contributed by atoms with van der Waals surface area (Å²) in [6, 6.07) is -0.626. The van der Waals surface area contributed by atoms with Crippen LogP contribution in [0.25, 0.3) is 0 Å². The first kappa shape index (κ1) is 79.8. The van der Waals surface area contributed by atoms with Crippen LogP contribution in [0.3, 0.4) is 0 Å². The Balaban J connectivity index is 3.38. The highest BCUT2D eigenvalue weighted by atomic mass is 16.5. The fourth-order valence-electron chi connectivity index (χ4n) is 11.4. The first-order valence-electron chi connectivity index (χ1n) is 36.9. The van der Waals surface area contributed by atoms with Crippen LogP contribution >= 0.6 is 0 Å². The predicted molar refractivity (Wildman–Crippen MR) is 361 cm³/mol. The molecule has 3 N–H and O–H groups in total. The van der Waals surface area contributed by atoms with Crippen molar-refractivity contribution in [1.29, 1.82) is 0 Å². The van der Waals surface area contributed by atoms with Crippen LogP contribution < -0.4 is 5.32 Å². The average molecular weight is 1150 g/mol. The summed E-state index contributed by atoms with van der Waals surface area (Å²) in [5.74, 6) is -0.0543. The van der Waals surface area contributed by atoms with Crippen LogP contribution in [0.1, 0.15) is 399 Å². The summed E-state index contributed by atoms with van der Waals surface area (Å²) in [6.07, 6.45) is 93.6. The number of hydrogen-bond acceptors (Lipinski definition) is 5. The molecule has 482 valence electrons. The van der Waals surface area contributed by atoms with Crippen molar-refractivity contribution in [1.82, 2.24) is 5.32 Å². The summed E-state index contributed by atoms with van der Waals surface area (Å²) in [4.78, 5) is 24.5. The molecular weight excluding hydrogens is 1010 g/mol. The number of unbranched alkanes of at least 4 members (excludes halogenated alkanes) is 52. The maximum atomic E-state index is 12.5. The lowest BCUT2D eigenvalue weighted by Crippen LogP contribution is -2.45. The maximum Gasteiger partial charge on any atom is 0.305 e. The monoisotopic (exact) mass is 1150 g/mol. The number of carbonyl (C=O) groups excluding carboxylic acids is 2. The Morgan fingerprint density at radius 3 is 0.963 bits per heavy atom. The van der Waals surface area contributed by atoms with Crippen molar-refractivity contribution < 1.29 is 24.5 Å². The van der Waals surface area contributed by atoms with Gasteiger partial charge in [-0.2, -0.15) is 0 Å². The molecule has 0 heterocycles. The highest BCUT2D eigenvalue weighted by Gasteiger charge is 2.18. The van der Waals surface area contributed by atoms with Gasteiger partial charge in [-0.05, 0) is 89.9 Å². The van der Waals surface area contributed by atoms with Gasteiger partial charge < -0.3 is 20.3 Å². The van der Waals surface area contributed by atoms with Gasteiger partial charge in [-0.25, -0.2) is 0 Å². The van der Waals surface area contributed by atoms with Crippen molar-refractivity contribution in [2.24, 2.45) is 0 Å². The molecule has 0 spiro atoms. The van der Waals surface area contributed by atoms with Crippen molar-refractivity contribution in [2.75, 3.05) is 13.2 Å². The molecule has 0 saturated heterocycles. The maximum absolute atomic E-state index is 12.5. The van der Waals surface area contributed by atoms with Gasteiger partial charge in [0.05, 0.1) is 25.4 Å². The molecule has 0 aliphatic rings. The van der Waals surface area contributed by atoms with E-state index in [9.17, 15) is 19.8 Å². The lowest BCUT2D eigenvalue weighted by Gasteiger charge is -2.20. The number of carbonyl (C=O) groups is 2. The zero-order valence-electron chi connectivity index (χ0n) is 55.2. The number of aliphatic hydroxyl groups is 2. The standard InChI is InChI=1S/C76H143NO5/c1-3-5-7-9-11-13-15-17-18-42-45-48-52-56-60-64-68-74(79)73(72-78)77-75(80)69-65-61-57-53-49-46-43-40-38-36-34-32-30-28-26-24-22-20-19-21-23-25-27-29-31-33-35-37-39-41-44-47-51-55-59-63-67-71-82-76(81)70-66-62-58-54-50-16-14-12-10-8-6-4-2/h12,14,19,21,25,27,64,68,73-74,78-79H,3-11,13,15-18,20,22-24,26,28-63,65-67,69-72H2,1-2H3,(H,77,80)/b14-12-,21-19-,27-25-,68-64+. The van der Waals surface area contributed by atoms with E-state index in [0.29, 0.717) is 19.4 Å². The van der Waals surface area contributed by atoms with Crippen LogP contribution in [0, 0.1) is 0 Å². The van der Waals surface area contributed by atoms with Gasteiger partial charge in [0.1, 0.15) is 0 Å². The molecule has 0 aromatic rings. The van der Waals surface area contributed by atoms with Crippen molar-refractivity contribution in [3.05, 3.63) is 48.6 Å². The van der Waals surface area contributed by atoms with E-state index >= 15 is 0 Å². The summed E-state index contributed by atoms with van der Waals surface area (Å²) in [5, 5.41) is 23.2. The molecule has 2 unspecified atom stereocenters. The Morgan fingerprint density at radius 1 is 0.341 bits per heavy atom. The number of aliphatic hydroxyl groups excluding tert-OH is 2. The van der Waals surface area contributed by atoms with Crippen LogP contribution in [0.5, 0.6) is 0 Å². The minimum atomic E-state index is -0.843. The number of amides is 1. The molecule has 0 rings (SSSR count). The zero-order valence-corrected chi connectivity index (χ0v) is 55.2. The van der Waals surface area contributed by atoms with Gasteiger partial charge in [0.15, 0.2) is 0 Å². The van der Waals surface area contributed by atoms with Gasteiger partial charge >= 0.3 is 5.97 Å². The van der Waals surface area contributed by atoms with Crippen LogP contribution in [0.15, 0.2) is 48.6 Å². The molecule has 2 atom stereocenters. The van der Waals surface area contributed by atoms with Gasteiger partial charge in [-0.3, -0.25) is 9.59 Å². The summed E-state index contributed by atoms with van der Waals surface area (Å²) in [7, 11) is 0. The lowest BCUT2D eigenvalue weighted by molar-refractivity contribution is -0.143. The van der Waals surface area contributed by atoms with E-state index in [1.54, 1.807) is 6.08 Å². The summed E-state index contributed by atoms with van der Waals surface area (Å²) in [6.45, 7) is 4.91. The summed E-state index contributed by atoms with van der Waals surface area (Å²) < 4.78 is 5.47. The van der Waals surface area contributed by atoms with Crippen LogP contribution in [-0.2, 0) is 14.3 Å². The predicted octanol–water partition coefficient (Wildman–Crippen LogP) is 24.0. The first-order chi connectivity index (χ1) is 40.5. The van der Waals surface area contributed by atoms with Crippen molar-refractivity contribution in [3.63, 3.8) is 0 Å². The summed E-state index contributed by atoms with van der Waals surface area (Å²) in [5.41, 5.74) is 0. The Kier molecular flexibility index (Phi) is 69.4. The van der Waals surface area contributed by atoms with Gasteiger partial charge in [0.2, 0.25) is 5.91 Å². The third kappa shape index (κ3) is 67.0. The van der Waals surface area contributed by atoms with E-state index in [0.717, 1.165) is 51.4 Å². The first-order valence-corrected chi connectivity index (χ1v) is 36.9. The van der Waals surface area contributed by atoms with Crippen molar-refractivity contribution >= 4 is 11.9 Å². The van der Waals surface area contributed by atoms with E-state index < -0.39 is 12.1 Å². The Bertz CT molecular complexity index is 1370. The molecular formula is C76H143NO5. The molecule has 0 fully saturated rings. The topological polar surface area (TPSA) is 95.9 Å².